The van der Waals surface area contributed by atoms with Crippen molar-refractivity contribution in [3.05, 3.63) is 53.4 Å². The molecule has 1 spiro atoms. The second-order valence-electron chi connectivity index (χ2n) is 10.2. The summed E-state index contributed by atoms with van der Waals surface area (Å²) in [5.41, 5.74) is 10.5. The van der Waals surface area contributed by atoms with Crippen molar-refractivity contribution >= 4 is 35.0 Å². The van der Waals surface area contributed by atoms with Crippen LogP contribution in [0.3, 0.4) is 0 Å². The van der Waals surface area contributed by atoms with Gasteiger partial charge in [-0.2, -0.15) is 0 Å². The first-order chi connectivity index (χ1) is 18.6. The number of nitrogens with zero attached hydrogens (tertiary/aromatic N) is 3. The molecule has 4 heterocycles. The second-order valence-corrected chi connectivity index (χ2v) is 10.6. The van der Waals surface area contributed by atoms with Gasteiger partial charge in [0.25, 0.3) is 0 Å². The van der Waals surface area contributed by atoms with Gasteiger partial charge in [-0.25, -0.2) is 0 Å². The van der Waals surface area contributed by atoms with Gasteiger partial charge in [-0.3, -0.25) is 14.8 Å². The average Bonchev–Trinajstić information content (AvgIpc) is 3.31. The van der Waals surface area contributed by atoms with Gasteiger partial charge < -0.3 is 25.4 Å². The largest absolute Gasteiger partial charge is 0.404 e. The molecule has 1 atom stereocenters. The van der Waals surface area contributed by atoms with E-state index in [0.717, 1.165) is 92.7 Å². The first kappa shape index (κ1) is 26.7. The van der Waals surface area contributed by atoms with E-state index in [1.165, 1.54) is 0 Å². The molecule has 3 saturated heterocycles. The number of halogens is 1. The lowest BCUT2D eigenvalue weighted by atomic mass is 9.77. The van der Waals surface area contributed by atoms with Crippen LogP contribution in [0.1, 0.15) is 44.1 Å². The number of hydrogen-bond acceptors (Lipinski definition) is 7. The molecule has 9 heteroatoms. The Kier molecular flexibility index (Phi) is 8.61. The van der Waals surface area contributed by atoms with E-state index in [-0.39, 0.29) is 17.6 Å². The first-order valence-electron chi connectivity index (χ1n) is 13.5. The number of aromatic nitrogens is 1. The molecule has 8 nitrogen and oxygen atoms in total. The number of pyridine rings is 1. The number of ether oxygens (including phenoxy) is 2. The zero-order valence-electron chi connectivity index (χ0n) is 21.7. The van der Waals surface area contributed by atoms with Crippen LogP contribution in [-0.4, -0.2) is 62.8 Å². The number of amides is 1. The highest BCUT2D eigenvalue weighted by Gasteiger charge is 2.44. The van der Waals surface area contributed by atoms with Crippen LogP contribution < -0.4 is 16.0 Å². The number of anilines is 1. The molecule has 0 aliphatic carbocycles. The van der Waals surface area contributed by atoms with Crippen LogP contribution in [0.15, 0.2) is 47.9 Å². The van der Waals surface area contributed by atoms with Gasteiger partial charge in [-0.15, -0.1) is 0 Å². The fraction of sp³-hybridized carbons (Fsp3) is 0.483. The summed E-state index contributed by atoms with van der Waals surface area (Å²) in [6, 6.07) is 8.18. The van der Waals surface area contributed by atoms with Gasteiger partial charge in [0.2, 0.25) is 5.91 Å². The molecule has 0 saturated carbocycles. The highest BCUT2D eigenvalue weighted by Crippen LogP contribution is 2.43. The van der Waals surface area contributed by atoms with E-state index in [4.69, 9.17) is 26.8 Å². The number of nitrogens with one attached hydrogen (secondary N) is 1. The summed E-state index contributed by atoms with van der Waals surface area (Å²) >= 11 is 6.68. The van der Waals surface area contributed by atoms with E-state index in [0.29, 0.717) is 18.2 Å². The minimum Gasteiger partial charge on any atom is -0.404 e. The molecule has 0 bridgehead atoms. The SMILES string of the molecule is NC=C(C=NCCOC1CCCCO1)c1ccc(-c2cncc(Cl)c2N2CCC3(CCNC3=O)CC2)cc1. The van der Waals surface area contributed by atoms with Crippen molar-refractivity contribution in [1.82, 2.24) is 10.3 Å². The molecule has 1 unspecified atom stereocenters. The van der Waals surface area contributed by atoms with Crippen molar-refractivity contribution in [1.29, 1.82) is 0 Å². The van der Waals surface area contributed by atoms with E-state index < -0.39 is 0 Å². The third-order valence-electron chi connectivity index (χ3n) is 7.88. The molecule has 2 aromatic rings. The van der Waals surface area contributed by atoms with Crippen LogP contribution >= 0.6 is 11.6 Å². The quantitative estimate of drug-likeness (QED) is 0.382. The number of carbonyl (C=O) groups excluding carboxylic acids is 1. The first-order valence-corrected chi connectivity index (χ1v) is 13.9. The molecule has 1 aromatic heterocycles. The fourth-order valence-corrected chi connectivity index (χ4v) is 5.89. The lowest BCUT2D eigenvalue weighted by Crippen LogP contribution is -2.44. The molecule has 202 valence electrons. The van der Waals surface area contributed by atoms with Crippen LogP contribution in [0.5, 0.6) is 0 Å². The minimum atomic E-state index is -0.222. The Bertz CT molecular complexity index is 1170. The Morgan fingerprint density at radius 2 is 2.05 bits per heavy atom. The molecule has 3 aliphatic rings. The summed E-state index contributed by atoms with van der Waals surface area (Å²) < 4.78 is 11.3. The van der Waals surface area contributed by atoms with E-state index in [1.54, 1.807) is 18.6 Å². The number of allylic oxidation sites excluding steroid dienone is 1. The van der Waals surface area contributed by atoms with Crippen molar-refractivity contribution in [3.63, 3.8) is 0 Å². The molecule has 0 radical (unpaired) electrons. The monoisotopic (exact) mass is 537 g/mol. The number of benzene rings is 1. The summed E-state index contributed by atoms with van der Waals surface area (Å²) in [4.78, 5) is 23.6. The molecule has 38 heavy (non-hydrogen) atoms. The third-order valence-corrected chi connectivity index (χ3v) is 8.16. The summed E-state index contributed by atoms with van der Waals surface area (Å²) in [6.45, 7) is 4.19. The molecule has 3 aliphatic heterocycles. The van der Waals surface area contributed by atoms with Gasteiger partial charge in [-0.1, -0.05) is 35.9 Å². The van der Waals surface area contributed by atoms with Crippen LogP contribution in [-0.2, 0) is 14.3 Å². The smallest absolute Gasteiger partial charge is 0.226 e. The lowest BCUT2D eigenvalue weighted by Gasteiger charge is -2.39. The number of nitrogens with two attached hydrogens (primary N) is 1. The van der Waals surface area contributed by atoms with Gasteiger partial charge in [0.05, 0.1) is 29.3 Å². The van der Waals surface area contributed by atoms with Crippen molar-refractivity contribution in [2.24, 2.45) is 16.1 Å². The Balaban J connectivity index is 1.24. The molecule has 1 aromatic carbocycles. The number of aliphatic imine (C=N–C) groups is 1. The van der Waals surface area contributed by atoms with Crippen molar-refractivity contribution in [2.75, 3.05) is 44.3 Å². The standard InChI is InChI=1S/C29H36ClN5O3/c30-25-20-33-19-24(27(25)35-13-9-29(10-14-35)8-11-34-28(29)36)22-6-4-21(5-7-22)23(17-31)18-32-12-16-38-26-3-1-2-15-37-26/h4-7,17-20,26H,1-3,8-16,31H2,(H,34,36). The maximum Gasteiger partial charge on any atom is 0.226 e. The van der Waals surface area contributed by atoms with Gasteiger partial charge in [-0.05, 0) is 49.7 Å². The molecule has 5 rings (SSSR count). The number of rotatable bonds is 8. The van der Waals surface area contributed by atoms with Gasteiger partial charge in [0.1, 0.15) is 0 Å². The van der Waals surface area contributed by atoms with E-state index in [9.17, 15) is 4.79 Å². The summed E-state index contributed by atoms with van der Waals surface area (Å²) in [6.07, 6.45) is 12.6. The highest BCUT2D eigenvalue weighted by molar-refractivity contribution is 6.33. The zero-order chi connectivity index (χ0) is 26.4. The summed E-state index contributed by atoms with van der Waals surface area (Å²) in [5.74, 6) is 0.201. The molecular weight excluding hydrogens is 502 g/mol. The summed E-state index contributed by atoms with van der Waals surface area (Å²) in [7, 11) is 0. The molecule has 1 amide bonds. The maximum atomic E-state index is 12.4. The number of piperidine rings is 1. The Morgan fingerprint density at radius 3 is 2.74 bits per heavy atom. The Labute approximate surface area is 229 Å². The van der Waals surface area contributed by atoms with E-state index in [2.05, 4.69) is 32.3 Å². The molecule has 3 fully saturated rings. The Hall–Kier alpha value is -2.94. The van der Waals surface area contributed by atoms with Gasteiger partial charge >= 0.3 is 0 Å². The van der Waals surface area contributed by atoms with Crippen molar-refractivity contribution < 1.29 is 14.3 Å². The van der Waals surface area contributed by atoms with E-state index in [1.807, 2.05) is 18.3 Å². The van der Waals surface area contributed by atoms with Crippen molar-refractivity contribution in [2.45, 2.75) is 44.8 Å². The van der Waals surface area contributed by atoms with Crippen LogP contribution in [0, 0.1) is 5.41 Å². The molecular formula is C29H36ClN5O3. The van der Waals surface area contributed by atoms with E-state index >= 15 is 0 Å². The Morgan fingerprint density at radius 1 is 1.24 bits per heavy atom. The van der Waals surface area contributed by atoms with Gasteiger partial charge in [0.15, 0.2) is 6.29 Å². The predicted octanol–water partition coefficient (Wildman–Crippen LogP) is 4.42. The highest BCUT2D eigenvalue weighted by atomic mass is 35.5. The predicted molar refractivity (Wildman–Crippen MR) is 151 cm³/mol. The molecule has 3 N–H and O–H groups in total. The van der Waals surface area contributed by atoms with Gasteiger partial charge in [0, 0.05) is 62.2 Å². The van der Waals surface area contributed by atoms with Crippen LogP contribution in [0.4, 0.5) is 5.69 Å². The summed E-state index contributed by atoms with van der Waals surface area (Å²) in [5, 5.41) is 3.63. The lowest BCUT2D eigenvalue weighted by molar-refractivity contribution is -0.160. The minimum absolute atomic E-state index is 0.102. The maximum absolute atomic E-state index is 12.4. The van der Waals surface area contributed by atoms with Crippen LogP contribution in [0.2, 0.25) is 5.02 Å². The van der Waals surface area contributed by atoms with Crippen molar-refractivity contribution in [3.8, 4) is 11.1 Å². The fourth-order valence-electron chi connectivity index (χ4n) is 5.61. The average molecular weight is 538 g/mol. The topological polar surface area (TPSA) is 102 Å². The second kappa shape index (κ2) is 12.3. The zero-order valence-corrected chi connectivity index (χ0v) is 22.5. The third kappa shape index (κ3) is 5.87. The number of carbonyl (C=O) groups is 1. The normalized spacial score (nSPS) is 21.8. The van der Waals surface area contributed by atoms with Crippen LogP contribution in [0.25, 0.3) is 16.7 Å². The number of hydrogen-bond donors (Lipinski definition) is 2.